The highest BCUT2D eigenvalue weighted by molar-refractivity contribution is 5.96. The molecule has 1 aliphatic rings. The maximum Gasteiger partial charge on any atom is 0.347 e. The second-order valence-corrected chi connectivity index (χ2v) is 5.46. The summed E-state index contributed by atoms with van der Waals surface area (Å²) in [6, 6.07) is 14.0. The standard InChI is InChI=1S/C19H19NO4/c1-2-23-17-7-4-3-6-16(17)19(22)24-15-11-9-14(10-12-15)20-13-5-8-18(20)21/h3-4,6-7,9-12H,2,5,8,13H2,1H3. The molecule has 24 heavy (non-hydrogen) atoms. The summed E-state index contributed by atoms with van der Waals surface area (Å²) < 4.78 is 10.9. The third-order valence-electron chi connectivity index (χ3n) is 3.84. The Hall–Kier alpha value is -2.82. The van der Waals surface area contributed by atoms with Gasteiger partial charge < -0.3 is 14.4 Å². The van der Waals surface area contributed by atoms with Crippen LogP contribution in [-0.4, -0.2) is 25.0 Å². The summed E-state index contributed by atoms with van der Waals surface area (Å²) in [5.41, 5.74) is 1.21. The van der Waals surface area contributed by atoms with Crippen molar-refractivity contribution in [1.29, 1.82) is 0 Å². The van der Waals surface area contributed by atoms with E-state index in [0.717, 1.165) is 18.7 Å². The fourth-order valence-corrected chi connectivity index (χ4v) is 2.69. The Morgan fingerprint density at radius 3 is 2.54 bits per heavy atom. The topological polar surface area (TPSA) is 55.8 Å². The first kappa shape index (κ1) is 16.1. The molecule has 0 saturated carbocycles. The van der Waals surface area contributed by atoms with Crippen molar-refractivity contribution in [2.75, 3.05) is 18.1 Å². The van der Waals surface area contributed by atoms with Crippen molar-refractivity contribution in [2.45, 2.75) is 19.8 Å². The number of para-hydroxylation sites is 1. The van der Waals surface area contributed by atoms with Gasteiger partial charge in [-0.2, -0.15) is 0 Å². The lowest BCUT2D eigenvalue weighted by Gasteiger charge is -2.16. The van der Waals surface area contributed by atoms with E-state index < -0.39 is 5.97 Å². The Balaban J connectivity index is 1.72. The van der Waals surface area contributed by atoms with Gasteiger partial charge in [-0.3, -0.25) is 4.79 Å². The summed E-state index contributed by atoms with van der Waals surface area (Å²) in [6.07, 6.45) is 1.47. The number of ether oxygens (including phenoxy) is 2. The molecule has 2 aromatic rings. The third kappa shape index (κ3) is 3.40. The van der Waals surface area contributed by atoms with Crippen LogP contribution in [0.2, 0.25) is 0 Å². The van der Waals surface area contributed by atoms with Crippen LogP contribution in [0.15, 0.2) is 48.5 Å². The van der Waals surface area contributed by atoms with Crippen molar-refractivity contribution in [2.24, 2.45) is 0 Å². The van der Waals surface area contributed by atoms with Crippen LogP contribution in [0.1, 0.15) is 30.1 Å². The Kier molecular flexibility index (Phi) is 4.79. The van der Waals surface area contributed by atoms with Gasteiger partial charge in [-0.25, -0.2) is 4.79 Å². The minimum atomic E-state index is -0.468. The summed E-state index contributed by atoms with van der Waals surface area (Å²) in [5.74, 6) is 0.598. The number of hydrogen-bond acceptors (Lipinski definition) is 4. The largest absolute Gasteiger partial charge is 0.493 e. The second-order valence-electron chi connectivity index (χ2n) is 5.46. The zero-order chi connectivity index (χ0) is 16.9. The number of anilines is 1. The Morgan fingerprint density at radius 2 is 1.88 bits per heavy atom. The van der Waals surface area contributed by atoms with Gasteiger partial charge >= 0.3 is 5.97 Å². The van der Waals surface area contributed by atoms with Crippen molar-refractivity contribution in [3.05, 3.63) is 54.1 Å². The van der Waals surface area contributed by atoms with Gasteiger partial charge in [-0.15, -0.1) is 0 Å². The van der Waals surface area contributed by atoms with Crippen LogP contribution in [0.4, 0.5) is 5.69 Å². The molecule has 1 saturated heterocycles. The first-order chi connectivity index (χ1) is 11.7. The van der Waals surface area contributed by atoms with Crippen LogP contribution >= 0.6 is 0 Å². The second kappa shape index (κ2) is 7.17. The van der Waals surface area contributed by atoms with Gasteiger partial charge in [0.15, 0.2) is 0 Å². The van der Waals surface area contributed by atoms with Gasteiger partial charge in [-0.1, -0.05) is 12.1 Å². The fraction of sp³-hybridized carbons (Fsp3) is 0.263. The Bertz CT molecular complexity index is 739. The maximum atomic E-state index is 12.3. The summed E-state index contributed by atoms with van der Waals surface area (Å²) >= 11 is 0. The smallest absolute Gasteiger partial charge is 0.347 e. The number of hydrogen-bond donors (Lipinski definition) is 0. The molecule has 2 aromatic carbocycles. The van der Waals surface area contributed by atoms with Crippen LogP contribution in [-0.2, 0) is 4.79 Å². The maximum absolute atomic E-state index is 12.3. The molecule has 5 heteroatoms. The highest BCUT2D eigenvalue weighted by Gasteiger charge is 2.21. The van der Waals surface area contributed by atoms with E-state index in [1.165, 1.54) is 0 Å². The van der Waals surface area contributed by atoms with Crippen LogP contribution in [0, 0.1) is 0 Å². The van der Waals surface area contributed by atoms with Gasteiger partial charge in [0, 0.05) is 18.7 Å². The molecule has 0 N–H and O–H groups in total. The number of amides is 1. The van der Waals surface area contributed by atoms with Gasteiger partial charge in [0.1, 0.15) is 17.1 Å². The Labute approximate surface area is 140 Å². The van der Waals surface area contributed by atoms with Crippen LogP contribution in [0.25, 0.3) is 0 Å². The van der Waals surface area contributed by atoms with E-state index in [4.69, 9.17) is 9.47 Å². The van der Waals surface area contributed by atoms with Crippen molar-refractivity contribution < 1.29 is 19.1 Å². The first-order valence-electron chi connectivity index (χ1n) is 8.03. The fourth-order valence-electron chi connectivity index (χ4n) is 2.69. The van der Waals surface area contributed by atoms with Gasteiger partial charge in [-0.05, 0) is 49.7 Å². The summed E-state index contributed by atoms with van der Waals surface area (Å²) in [4.78, 5) is 25.8. The number of carbonyl (C=O) groups excluding carboxylic acids is 2. The van der Waals surface area contributed by atoms with Gasteiger partial charge in [0.25, 0.3) is 0 Å². The Morgan fingerprint density at radius 1 is 1.12 bits per heavy atom. The zero-order valence-corrected chi connectivity index (χ0v) is 13.5. The SMILES string of the molecule is CCOc1ccccc1C(=O)Oc1ccc(N2CCCC2=O)cc1. The van der Waals surface area contributed by atoms with Crippen LogP contribution < -0.4 is 14.4 Å². The number of esters is 1. The third-order valence-corrected chi connectivity index (χ3v) is 3.84. The summed E-state index contributed by atoms with van der Waals surface area (Å²) in [6.45, 7) is 3.07. The molecule has 0 bridgehead atoms. The lowest BCUT2D eigenvalue weighted by molar-refractivity contribution is -0.117. The normalized spacial score (nSPS) is 13.9. The molecule has 5 nitrogen and oxygen atoms in total. The minimum absolute atomic E-state index is 0.130. The molecule has 1 heterocycles. The quantitative estimate of drug-likeness (QED) is 0.624. The monoisotopic (exact) mass is 325 g/mol. The number of rotatable bonds is 5. The highest BCUT2D eigenvalue weighted by atomic mass is 16.5. The lowest BCUT2D eigenvalue weighted by Crippen LogP contribution is -2.23. The van der Waals surface area contributed by atoms with Crippen molar-refractivity contribution in [3.8, 4) is 11.5 Å². The van der Waals surface area contributed by atoms with E-state index in [1.54, 1.807) is 47.4 Å². The highest BCUT2D eigenvalue weighted by Crippen LogP contribution is 2.25. The van der Waals surface area contributed by atoms with Crippen molar-refractivity contribution >= 4 is 17.6 Å². The molecule has 0 aromatic heterocycles. The first-order valence-corrected chi connectivity index (χ1v) is 8.03. The molecular weight excluding hydrogens is 306 g/mol. The van der Waals surface area contributed by atoms with Crippen molar-refractivity contribution in [1.82, 2.24) is 0 Å². The van der Waals surface area contributed by atoms with E-state index in [0.29, 0.717) is 30.1 Å². The van der Waals surface area contributed by atoms with Crippen LogP contribution in [0.3, 0.4) is 0 Å². The number of carbonyl (C=O) groups is 2. The average molecular weight is 325 g/mol. The van der Waals surface area contributed by atoms with Gasteiger partial charge in [0.05, 0.1) is 6.61 Å². The molecule has 124 valence electrons. The van der Waals surface area contributed by atoms with Crippen LogP contribution in [0.5, 0.6) is 11.5 Å². The molecule has 0 unspecified atom stereocenters. The molecule has 0 radical (unpaired) electrons. The van der Waals surface area contributed by atoms with E-state index in [9.17, 15) is 9.59 Å². The summed E-state index contributed by atoms with van der Waals surface area (Å²) in [5, 5.41) is 0. The van der Waals surface area contributed by atoms with Gasteiger partial charge in [0.2, 0.25) is 5.91 Å². The number of nitrogens with zero attached hydrogens (tertiary/aromatic N) is 1. The molecule has 0 spiro atoms. The van der Waals surface area contributed by atoms with E-state index in [1.807, 2.05) is 13.0 Å². The number of benzene rings is 2. The molecule has 1 aliphatic heterocycles. The molecule has 0 aliphatic carbocycles. The van der Waals surface area contributed by atoms with E-state index in [-0.39, 0.29) is 5.91 Å². The summed E-state index contributed by atoms with van der Waals surface area (Å²) in [7, 11) is 0. The predicted octanol–water partition coefficient (Wildman–Crippen LogP) is 3.43. The molecule has 3 rings (SSSR count). The molecular formula is C19H19NO4. The molecule has 0 atom stereocenters. The molecule has 1 fully saturated rings. The van der Waals surface area contributed by atoms with E-state index in [2.05, 4.69) is 0 Å². The molecule has 1 amide bonds. The van der Waals surface area contributed by atoms with E-state index >= 15 is 0 Å². The lowest BCUT2D eigenvalue weighted by atomic mass is 10.2. The predicted molar refractivity (Wildman–Crippen MR) is 90.6 cm³/mol. The zero-order valence-electron chi connectivity index (χ0n) is 13.5. The van der Waals surface area contributed by atoms with Crippen molar-refractivity contribution in [3.63, 3.8) is 0 Å². The minimum Gasteiger partial charge on any atom is -0.493 e. The average Bonchev–Trinajstić information content (AvgIpc) is 3.02.